The molecular weight excluding hydrogens is 1050 g/mol. The van der Waals surface area contributed by atoms with Gasteiger partial charge in [0, 0.05) is 12.1 Å². The number of likely N-dealkylation sites (N-methyl/N-ethyl adjacent to an activating group) is 2. The van der Waals surface area contributed by atoms with Gasteiger partial charge in [-0.2, -0.15) is 0 Å². The fourth-order valence-corrected chi connectivity index (χ4v) is 12.4. The van der Waals surface area contributed by atoms with Crippen LogP contribution in [0.1, 0.15) is 136 Å². The lowest BCUT2D eigenvalue weighted by molar-refractivity contribution is -0.145. The molecule has 21 heteroatoms. The van der Waals surface area contributed by atoms with Gasteiger partial charge in [0.25, 0.3) is 0 Å². The Hall–Kier alpha value is -8.14. The lowest BCUT2D eigenvalue weighted by Gasteiger charge is -2.38. The van der Waals surface area contributed by atoms with Crippen molar-refractivity contribution in [1.29, 1.82) is 0 Å². The van der Waals surface area contributed by atoms with E-state index in [0.29, 0.717) is 69.2 Å². The maximum absolute atomic E-state index is 14.8. The molecule has 6 aromatic rings. The van der Waals surface area contributed by atoms with E-state index in [0.717, 1.165) is 22.3 Å². The summed E-state index contributed by atoms with van der Waals surface area (Å²) in [5.74, 6) is -1.72. The molecule has 4 fully saturated rings. The monoisotopic (exact) mass is 1130 g/mol. The first-order valence-corrected chi connectivity index (χ1v) is 29.2. The molecule has 0 saturated carbocycles. The van der Waals surface area contributed by atoms with Crippen LogP contribution in [0.2, 0.25) is 0 Å². The summed E-state index contributed by atoms with van der Waals surface area (Å²) >= 11 is 0. The molecule has 4 saturated heterocycles. The van der Waals surface area contributed by atoms with Crippen LogP contribution in [0.5, 0.6) is 0 Å². The summed E-state index contributed by atoms with van der Waals surface area (Å²) in [5, 5.41) is 36.5. The number of hydrogen-bond donors (Lipinski definition) is 6. The van der Waals surface area contributed by atoms with Crippen molar-refractivity contribution in [2.45, 2.75) is 164 Å². The fourth-order valence-electron chi connectivity index (χ4n) is 12.4. The van der Waals surface area contributed by atoms with Crippen LogP contribution >= 0.6 is 0 Å². The van der Waals surface area contributed by atoms with E-state index in [1.54, 1.807) is 47.1 Å². The molecule has 2 aromatic heterocycles. The quantitative estimate of drug-likeness (QED) is 0.0605. The van der Waals surface area contributed by atoms with Crippen molar-refractivity contribution in [3.63, 3.8) is 0 Å². The third-order valence-electron chi connectivity index (χ3n) is 17.1. The normalized spacial score (nSPS) is 23.5. The van der Waals surface area contributed by atoms with Crippen LogP contribution in [0, 0.1) is 0 Å². The van der Waals surface area contributed by atoms with E-state index >= 15 is 0 Å². The average Bonchev–Trinajstić information content (AvgIpc) is 4.41. The van der Waals surface area contributed by atoms with E-state index in [2.05, 4.69) is 52.5 Å². The van der Waals surface area contributed by atoms with E-state index in [9.17, 15) is 28.8 Å². The summed E-state index contributed by atoms with van der Waals surface area (Å²) < 4.78 is 9.73. The minimum atomic E-state index is -0.939. The molecule has 83 heavy (non-hydrogen) atoms. The maximum atomic E-state index is 14.8. The predicted molar refractivity (Wildman–Crippen MR) is 308 cm³/mol. The fraction of sp³-hybridized carbons (Fsp3) is 0.452. The highest BCUT2D eigenvalue weighted by Gasteiger charge is 2.48. The smallest absolute Gasteiger partial charge is 0.246 e. The first kappa shape index (κ1) is 58.1. The summed E-state index contributed by atoms with van der Waals surface area (Å²) in [6, 6.07) is 32.8. The number of aromatic nitrogens is 6. The van der Waals surface area contributed by atoms with E-state index in [1.807, 2.05) is 134 Å². The van der Waals surface area contributed by atoms with Crippen molar-refractivity contribution < 1.29 is 33.5 Å². The van der Waals surface area contributed by atoms with E-state index < -0.39 is 48.3 Å². The minimum Gasteiger partial charge on any atom is -0.369 e. The van der Waals surface area contributed by atoms with E-state index in [4.69, 9.17) is 4.74 Å². The van der Waals surface area contributed by atoms with Crippen LogP contribution in [-0.2, 0) is 46.7 Å². The van der Waals surface area contributed by atoms with Gasteiger partial charge in [-0.05, 0) is 114 Å². The molecule has 6 amide bonds. The van der Waals surface area contributed by atoms with Gasteiger partial charge in [0.1, 0.15) is 35.6 Å². The molecule has 4 aliphatic rings. The Morgan fingerprint density at radius 1 is 0.494 bits per heavy atom. The Balaban J connectivity index is 0.795. The summed E-state index contributed by atoms with van der Waals surface area (Å²) in [5.41, 5.74) is 4.83. The van der Waals surface area contributed by atoms with Crippen LogP contribution in [-0.4, -0.2) is 138 Å². The molecule has 6 heterocycles. The van der Waals surface area contributed by atoms with Crippen molar-refractivity contribution >= 4 is 35.4 Å². The molecule has 21 nitrogen and oxygen atoms in total. The van der Waals surface area contributed by atoms with E-state index in [-0.39, 0.29) is 79.2 Å². The molecule has 4 aliphatic heterocycles. The van der Waals surface area contributed by atoms with Gasteiger partial charge < -0.3 is 46.4 Å². The SMILES string of the molecule is CN[C@@H](C)C(=O)N[C@H]1CC[C@@H](n2cc(COCc3cn([C@H]4CCC5CC[C@@H](C(=O)NC(c6ccccc6)c6ccccc6)N5C(=O)[C@@H](NC(=O)[C@H](C)NC)C4)nn3)nn2)CC2CC[C@@H](C(=O)NC(c3ccccc3)c3ccccc3)N2C1=O. The van der Waals surface area contributed by atoms with Crippen molar-refractivity contribution in [3.05, 3.63) is 167 Å². The molecule has 0 radical (unpaired) electrons. The van der Waals surface area contributed by atoms with Gasteiger partial charge in [-0.1, -0.05) is 132 Å². The highest BCUT2D eigenvalue weighted by atomic mass is 16.5. The summed E-state index contributed by atoms with van der Waals surface area (Å²) in [6.07, 6.45) is 8.66. The summed E-state index contributed by atoms with van der Waals surface area (Å²) in [4.78, 5) is 88.7. The molecule has 10 rings (SSSR count). The van der Waals surface area contributed by atoms with Gasteiger partial charge in [-0.3, -0.25) is 28.8 Å². The zero-order valence-electron chi connectivity index (χ0n) is 47.6. The molecule has 4 aromatic carbocycles. The Kier molecular flexibility index (Phi) is 18.8. The molecular formula is C62H76N14O7. The number of benzene rings is 4. The molecule has 0 spiro atoms. The highest BCUT2D eigenvalue weighted by Crippen LogP contribution is 2.38. The topological polar surface area (TPSA) is 252 Å². The number of carbonyl (C=O) groups is 6. The third-order valence-corrected chi connectivity index (χ3v) is 17.1. The summed E-state index contributed by atoms with van der Waals surface area (Å²) in [7, 11) is 3.37. The number of rotatable bonds is 20. The predicted octanol–water partition coefficient (Wildman–Crippen LogP) is 4.75. The number of nitrogens with one attached hydrogen (secondary N) is 6. The molecule has 2 unspecified atom stereocenters. The first-order valence-electron chi connectivity index (χ1n) is 29.2. The molecule has 10 atom stereocenters. The second-order valence-electron chi connectivity index (χ2n) is 22.5. The first-order chi connectivity index (χ1) is 40.4. The van der Waals surface area contributed by atoms with Gasteiger partial charge in [0.05, 0.1) is 61.9 Å². The average molecular weight is 1130 g/mol. The molecule has 0 bridgehead atoms. The summed E-state index contributed by atoms with van der Waals surface area (Å²) in [6.45, 7) is 3.68. The Morgan fingerprint density at radius 2 is 0.867 bits per heavy atom. The van der Waals surface area contributed by atoms with Crippen molar-refractivity contribution in [2.75, 3.05) is 14.1 Å². The second kappa shape index (κ2) is 26.8. The van der Waals surface area contributed by atoms with Crippen molar-refractivity contribution in [2.24, 2.45) is 0 Å². The number of carbonyl (C=O) groups excluding carboxylic acids is 6. The zero-order valence-corrected chi connectivity index (χ0v) is 47.6. The Labute approximate surface area is 484 Å². The Bertz CT molecular complexity index is 3090. The van der Waals surface area contributed by atoms with Crippen LogP contribution in [0.4, 0.5) is 0 Å². The maximum Gasteiger partial charge on any atom is 0.246 e. The van der Waals surface area contributed by atoms with Gasteiger partial charge in [-0.25, -0.2) is 9.36 Å². The number of nitrogens with zero attached hydrogens (tertiary/aromatic N) is 8. The van der Waals surface area contributed by atoms with Crippen molar-refractivity contribution in [3.8, 4) is 0 Å². The zero-order chi connectivity index (χ0) is 58.0. The van der Waals surface area contributed by atoms with Crippen LogP contribution in [0.15, 0.2) is 134 Å². The van der Waals surface area contributed by atoms with Crippen molar-refractivity contribution in [1.82, 2.24) is 71.7 Å². The molecule has 0 aliphatic carbocycles. The largest absolute Gasteiger partial charge is 0.369 e. The Morgan fingerprint density at radius 3 is 1.33 bits per heavy atom. The number of ether oxygens (including phenoxy) is 1. The van der Waals surface area contributed by atoms with Gasteiger partial charge in [-0.15, -0.1) is 10.2 Å². The molecule has 6 N–H and O–H groups in total. The number of hydrogen-bond acceptors (Lipinski definition) is 13. The van der Waals surface area contributed by atoms with Crippen LogP contribution < -0.4 is 31.9 Å². The lowest BCUT2D eigenvalue weighted by Crippen LogP contribution is -2.58. The van der Waals surface area contributed by atoms with E-state index in [1.165, 1.54) is 0 Å². The molecule has 436 valence electrons. The van der Waals surface area contributed by atoms with Gasteiger partial charge >= 0.3 is 0 Å². The van der Waals surface area contributed by atoms with Gasteiger partial charge in [0.2, 0.25) is 35.4 Å². The van der Waals surface area contributed by atoms with Crippen LogP contribution in [0.3, 0.4) is 0 Å². The van der Waals surface area contributed by atoms with Gasteiger partial charge in [0.15, 0.2) is 0 Å². The second-order valence-corrected chi connectivity index (χ2v) is 22.5. The third kappa shape index (κ3) is 13.5. The number of fused-ring (bicyclic) bond motifs is 2. The van der Waals surface area contributed by atoms with Crippen LogP contribution in [0.25, 0.3) is 0 Å². The minimum absolute atomic E-state index is 0.104. The highest BCUT2D eigenvalue weighted by molar-refractivity contribution is 5.95. The lowest BCUT2D eigenvalue weighted by atomic mass is 9.94. The number of amides is 6. The standard InChI is InChI=1S/C62H76N14O7/c1-39(63-3)57(77)65-51-30-27-48(33-50-29-32-54(76(50)61(51)81)60(80)68-56(43-21-13-7-14-22-43)44-23-15-8-16-24-44)73-35-45(69-71-73)37-83-38-46-36-74(72-70-46)49-26-25-47-28-31-53(75(47)62(82)52(34-49)66-58(78)40(2)64-4)59(79)67-55(41-17-9-5-10-18-41)42-19-11-6-12-20-42/h5-24,35-36,39-40,47-56,63-64H,25-34,37-38H2,1-4H3,(H,65,77)(H,66,78)(H,67,79)(H,68,80)/t39-,40-,47?,48+,49-,50?,51-,52-,53-,54-/m0/s1.